The number of carbonyl (C=O) groups excluding carboxylic acids is 1. The van der Waals surface area contributed by atoms with E-state index in [1.165, 1.54) is 5.56 Å². The summed E-state index contributed by atoms with van der Waals surface area (Å²) in [6, 6.07) is 7.85. The van der Waals surface area contributed by atoms with Gasteiger partial charge in [-0.15, -0.1) is 0 Å². The Kier molecular flexibility index (Phi) is 1.64. The molecule has 2 nitrogen and oxygen atoms in total. The molecule has 0 saturated heterocycles. The molecule has 0 aromatic heterocycles. The van der Waals surface area contributed by atoms with Crippen LogP contribution in [0.5, 0.6) is 0 Å². The maximum absolute atomic E-state index is 11.4. The number of hydrogen-bond acceptors (Lipinski definition) is 1. The zero-order valence-electron chi connectivity index (χ0n) is 6.37. The Morgan fingerprint density at radius 2 is 2.09 bits per heavy atom. The van der Waals surface area contributed by atoms with Crippen LogP contribution >= 0.6 is 0 Å². The summed E-state index contributed by atoms with van der Waals surface area (Å²) >= 11 is 0.314. The molecule has 0 N–H and O–H groups in total. The van der Waals surface area contributed by atoms with E-state index in [1.807, 2.05) is 27.4 Å². The van der Waals surface area contributed by atoms with Gasteiger partial charge in [-0.05, 0) is 0 Å². The molecule has 3 heteroatoms. The third-order valence-corrected chi connectivity index (χ3v) is 4.06. The van der Waals surface area contributed by atoms with Crippen molar-refractivity contribution in [1.82, 2.24) is 3.12 Å². The van der Waals surface area contributed by atoms with Crippen LogP contribution in [-0.2, 0) is 6.54 Å². The van der Waals surface area contributed by atoms with Gasteiger partial charge >= 0.3 is 78.6 Å². The molecule has 1 amide bonds. The van der Waals surface area contributed by atoms with Crippen molar-refractivity contribution in [2.24, 2.45) is 0 Å². The van der Waals surface area contributed by atoms with E-state index < -0.39 is 0 Å². The van der Waals surface area contributed by atoms with E-state index in [4.69, 9.17) is 0 Å². The Morgan fingerprint density at radius 1 is 1.36 bits per heavy atom. The number of nitrogens with zero attached hydrogens (tertiary/aromatic N) is 1. The fourth-order valence-corrected chi connectivity index (χ4v) is 3.06. The Balaban J connectivity index is 2.55. The number of benzene rings is 1. The van der Waals surface area contributed by atoms with Gasteiger partial charge in [0.1, 0.15) is 0 Å². The van der Waals surface area contributed by atoms with Crippen LogP contribution in [0, 0.1) is 0 Å². The minimum absolute atomic E-state index is 0.233. The van der Waals surface area contributed by atoms with E-state index in [1.54, 1.807) is 0 Å². The summed E-state index contributed by atoms with van der Waals surface area (Å²) in [6.45, 7) is 0.852. The van der Waals surface area contributed by atoms with Crippen molar-refractivity contribution in [3.63, 3.8) is 0 Å². The second-order valence-electron chi connectivity index (χ2n) is 2.82. The third kappa shape index (κ3) is 1.05. The fraction of sp³-hybridized carbons (Fsp3) is 0.125. The summed E-state index contributed by atoms with van der Waals surface area (Å²) in [7, 11) is 0. The molecule has 1 aliphatic heterocycles. The zero-order chi connectivity index (χ0) is 7.84. The molecule has 0 spiro atoms. The Morgan fingerprint density at radius 3 is 2.82 bits per heavy atom. The number of hydrogen-bond donors (Lipinski definition) is 0. The van der Waals surface area contributed by atoms with Crippen molar-refractivity contribution >= 4 is 28.7 Å². The number of fused-ring (bicyclic) bond motifs is 1. The van der Waals surface area contributed by atoms with Crippen LogP contribution in [0.3, 0.4) is 0 Å². The van der Waals surface area contributed by atoms with Gasteiger partial charge < -0.3 is 0 Å². The molecule has 56 valence electrons. The normalized spacial score (nSPS) is 15.6. The summed E-state index contributed by atoms with van der Waals surface area (Å²) in [4.78, 5) is 11.4. The molecule has 0 fully saturated rings. The van der Waals surface area contributed by atoms with Crippen LogP contribution < -0.4 is 0 Å². The van der Waals surface area contributed by atoms with Gasteiger partial charge in [0.2, 0.25) is 0 Å². The molecule has 0 saturated carbocycles. The fourth-order valence-electron chi connectivity index (χ4n) is 1.40. The molecule has 0 aliphatic carbocycles. The molecule has 0 unspecified atom stereocenters. The van der Waals surface area contributed by atoms with E-state index in [0.29, 0.717) is 22.8 Å². The van der Waals surface area contributed by atoms with Crippen molar-refractivity contribution in [3.8, 4) is 0 Å². The first-order valence-electron chi connectivity index (χ1n) is 3.62. The Labute approximate surface area is 78.6 Å². The Hall–Kier alpha value is -0.511. The van der Waals surface area contributed by atoms with Crippen LogP contribution in [0.2, 0.25) is 0 Å². The van der Waals surface area contributed by atoms with Gasteiger partial charge in [-0.1, -0.05) is 0 Å². The minimum atomic E-state index is 0.233. The van der Waals surface area contributed by atoms with Gasteiger partial charge in [0.25, 0.3) is 0 Å². The molecule has 0 atom stereocenters. The van der Waals surface area contributed by atoms with Gasteiger partial charge in [-0.3, -0.25) is 0 Å². The molecular formula is C8H9NOSn. The molecule has 0 radical (unpaired) electrons. The molecule has 11 heavy (non-hydrogen) atoms. The molecule has 1 aliphatic rings. The van der Waals surface area contributed by atoms with Crippen molar-refractivity contribution < 1.29 is 4.79 Å². The van der Waals surface area contributed by atoms with E-state index in [9.17, 15) is 4.79 Å². The standard InChI is InChI=1S/C8H7NO.Sn.3H/c10-8-7-4-2-1-3-6(7)5-9-8;;;;/h1-4H,5H2,(H,9,10);;;;/q;+1;;;/p-1. The average Bonchev–Trinajstić information content (AvgIpc) is 2.30. The predicted molar refractivity (Wildman–Crippen MR) is 46.3 cm³/mol. The van der Waals surface area contributed by atoms with Crippen molar-refractivity contribution in [1.29, 1.82) is 0 Å². The van der Waals surface area contributed by atoms with Gasteiger partial charge in [0, 0.05) is 0 Å². The van der Waals surface area contributed by atoms with Gasteiger partial charge in [0.05, 0.1) is 0 Å². The van der Waals surface area contributed by atoms with Gasteiger partial charge in [-0.25, -0.2) is 0 Å². The van der Waals surface area contributed by atoms with Crippen LogP contribution in [0.25, 0.3) is 0 Å². The van der Waals surface area contributed by atoms with E-state index >= 15 is 0 Å². The van der Waals surface area contributed by atoms with Crippen LogP contribution in [0.1, 0.15) is 15.9 Å². The van der Waals surface area contributed by atoms with E-state index in [0.717, 1.165) is 12.1 Å². The number of amides is 1. The molecule has 0 bridgehead atoms. The summed E-state index contributed by atoms with van der Waals surface area (Å²) in [6.07, 6.45) is 0. The summed E-state index contributed by atoms with van der Waals surface area (Å²) in [5.41, 5.74) is 2.10. The maximum atomic E-state index is 11.4. The monoisotopic (exact) mass is 255 g/mol. The second kappa shape index (κ2) is 2.51. The molecule has 2 rings (SSSR count). The molecule has 1 aromatic rings. The molecule has 1 aromatic carbocycles. The van der Waals surface area contributed by atoms with Gasteiger partial charge in [0.15, 0.2) is 0 Å². The van der Waals surface area contributed by atoms with Crippen LogP contribution in [-0.4, -0.2) is 31.8 Å². The summed E-state index contributed by atoms with van der Waals surface area (Å²) < 4.78 is 1.94. The first kappa shape index (κ1) is 7.15. The van der Waals surface area contributed by atoms with E-state index in [2.05, 4.69) is 0 Å². The van der Waals surface area contributed by atoms with Crippen LogP contribution in [0.15, 0.2) is 24.3 Å². The third-order valence-electron chi connectivity index (χ3n) is 2.00. The molecular weight excluding hydrogens is 245 g/mol. The quantitative estimate of drug-likeness (QED) is 0.593. The van der Waals surface area contributed by atoms with Crippen molar-refractivity contribution in [2.45, 2.75) is 6.54 Å². The van der Waals surface area contributed by atoms with Crippen molar-refractivity contribution in [3.05, 3.63) is 35.4 Å². The number of rotatable bonds is 0. The van der Waals surface area contributed by atoms with Gasteiger partial charge in [-0.2, -0.15) is 0 Å². The number of carbonyl (C=O) groups is 1. The van der Waals surface area contributed by atoms with E-state index in [-0.39, 0.29) is 5.91 Å². The Bertz CT molecular complexity index is 311. The first-order valence-corrected chi connectivity index (χ1v) is 6.17. The first-order chi connectivity index (χ1) is 5.29. The summed E-state index contributed by atoms with van der Waals surface area (Å²) in [5, 5.41) is 0. The van der Waals surface area contributed by atoms with Crippen LogP contribution in [0.4, 0.5) is 0 Å². The summed E-state index contributed by atoms with van der Waals surface area (Å²) in [5.74, 6) is 0.233. The average molecular weight is 254 g/mol. The molecule has 1 heterocycles. The zero-order valence-corrected chi connectivity index (χ0v) is 12.1. The second-order valence-corrected chi connectivity index (χ2v) is 5.90. The topological polar surface area (TPSA) is 20.3 Å². The predicted octanol–water partition coefficient (Wildman–Crippen LogP) is -0.0772. The van der Waals surface area contributed by atoms with Crippen molar-refractivity contribution in [2.75, 3.05) is 0 Å². The SMILES string of the molecule is O=C1c2ccccc2C[N]1[SnH3].